The minimum absolute atomic E-state index is 0.157. The first-order chi connectivity index (χ1) is 6.41. The maximum Gasteiger partial charge on any atom is 0.197 e. The lowest BCUT2D eigenvalue weighted by atomic mass is 9.79. The van der Waals surface area contributed by atoms with Gasteiger partial charge in [-0.05, 0) is 17.4 Å². The Hall–Kier alpha value is -0.790. The van der Waals surface area contributed by atoms with Gasteiger partial charge in [0.1, 0.15) is 0 Å². The Labute approximate surface area is 86.3 Å². The quantitative estimate of drug-likeness (QED) is 0.693. The van der Waals surface area contributed by atoms with E-state index in [1.54, 1.807) is 0 Å². The van der Waals surface area contributed by atoms with Crippen molar-refractivity contribution in [2.75, 3.05) is 6.61 Å². The van der Waals surface area contributed by atoms with Gasteiger partial charge in [-0.3, -0.25) is 4.79 Å². The number of carbonyl (C=O) groups excluding carboxylic acids is 1. The van der Waals surface area contributed by atoms with Crippen LogP contribution in [0.5, 0.6) is 0 Å². The van der Waals surface area contributed by atoms with E-state index in [9.17, 15) is 4.79 Å². The van der Waals surface area contributed by atoms with E-state index in [1.165, 1.54) is 0 Å². The smallest absolute Gasteiger partial charge is 0.197 e. The number of carbonyl (C=O) groups is 1. The van der Waals surface area contributed by atoms with Crippen molar-refractivity contribution in [2.45, 2.75) is 40.5 Å². The lowest BCUT2D eigenvalue weighted by Crippen LogP contribution is -2.21. The van der Waals surface area contributed by atoms with E-state index in [0.29, 0.717) is 24.7 Å². The van der Waals surface area contributed by atoms with Crippen LogP contribution in [0.25, 0.3) is 0 Å². The largest absolute Gasteiger partial charge is 0.490 e. The van der Waals surface area contributed by atoms with Crippen LogP contribution in [0.15, 0.2) is 11.8 Å². The zero-order valence-corrected chi connectivity index (χ0v) is 9.59. The number of ether oxygens (including phenoxy) is 1. The van der Waals surface area contributed by atoms with Crippen LogP contribution < -0.4 is 0 Å². The normalized spacial score (nSPS) is 18.7. The monoisotopic (exact) mass is 196 g/mol. The number of hydrogen-bond acceptors (Lipinski definition) is 2. The summed E-state index contributed by atoms with van der Waals surface area (Å²) in [6, 6.07) is 0. The van der Waals surface area contributed by atoms with Crippen LogP contribution in [0.3, 0.4) is 0 Å². The molecule has 14 heavy (non-hydrogen) atoms. The van der Waals surface area contributed by atoms with Crippen molar-refractivity contribution >= 4 is 5.78 Å². The Morgan fingerprint density at radius 1 is 1.57 bits per heavy atom. The Balaban J connectivity index is 2.48. The fraction of sp³-hybridized carbons (Fsp3) is 0.750. The van der Waals surface area contributed by atoms with Gasteiger partial charge in [0.2, 0.25) is 0 Å². The van der Waals surface area contributed by atoms with Gasteiger partial charge in [-0.2, -0.15) is 0 Å². The summed E-state index contributed by atoms with van der Waals surface area (Å²) in [6.07, 6.45) is 3.37. The third-order valence-corrected chi connectivity index (χ3v) is 2.95. The third kappa shape index (κ3) is 2.86. The molecule has 2 nitrogen and oxygen atoms in total. The molecule has 0 aromatic rings. The summed E-state index contributed by atoms with van der Waals surface area (Å²) < 4.78 is 5.24. The molecule has 0 amide bonds. The van der Waals surface area contributed by atoms with Gasteiger partial charge in [-0.15, -0.1) is 0 Å². The van der Waals surface area contributed by atoms with Crippen LogP contribution in [0, 0.1) is 11.3 Å². The first-order valence-corrected chi connectivity index (χ1v) is 5.27. The molecule has 1 atom stereocenters. The van der Waals surface area contributed by atoms with E-state index in [-0.39, 0.29) is 11.2 Å². The average molecular weight is 196 g/mol. The molecular formula is C12H20O2. The molecule has 1 rings (SSSR count). The van der Waals surface area contributed by atoms with Gasteiger partial charge in [0.15, 0.2) is 11.5 Å². The molecule has 0 aliphatic carbocycles. The Morgan fingerprint density at radius 3 is 2.64 bits per heavy atom. The lowest BCUT2D eigenvalue weighted by Gasteiger charge is -2.26. The second-order valence-electron chi connectivity index (χ2n) is 5.10. The van der Waals surface area contributed by atoms with Crippen LogP contribution in [0.2, 0.25) is 0 Å². The zero-order valence-electron chi connectivity index (χ0n) is 9.59. The van der Waals surface area contributed by atoms with Crippen LogP contribution >= 0.6 is 0 Å². The van der Waals surface area contributed by atoms with Crippen molar-refractivity contribution in [1.29, 1.82) is 0 Å². The second kappa shape index (κ2) is 4.16. The number of rotatable bonds is 3. The molecule has 80 valence electrons. The summed E-state index contributed by atoms with van der Waals surface area (Å²) in [7, 11) is 0. The van der Waals surface area contributed by atoms with Crippen LogP contribution in [-0.4, -0.2) is 12.4 Å². The molecule has 1 aliphatic heterocycles. The van der Waals surface area contributed by atoms with E-state index in [2.05, 4.69) is 27.7 Å². The first-order valence-electron chi connectivity index (χ1n) is 5.27. The fourth-order valence-corrected chi connectivity index (χ4v) is 1.30. The number of allylic oxidation sites excluding steroid dienone is 1. The predicted molar refractivity (Wildman–Crippen MR) is 56.9 cm³/mol. The van der Waals surface area contributed by atoms with Crippen molar-refractivity contribution < 1.29 is 9.53 Å². The molecule has 0 bridgehead atoms. The summed E-state index contributed by atoms with van der Waals surface area (Å²) in [4.78, 5) is 11.7. The van der Waals surface area contributed by atoms with Crippen LogP contribution in [0.1, 0.15) is 40.5 Å². The van der Waals surface area contributed by atoms with Crippen molar-refractivity contribution in [3.05, 3.63) is 11.8 Å². The molecule has 1 heterocycles. The van der Waals surface area contributed by atoms with Gasteiger partial charge in [0.05, 0.1) is 6.61 Å². The van der Waals surface area contributed by atoms with E-state index < -0.39 is 0 Å². The molecule has 0 fully saturated rings. The van der Waals surface area contributed by atoms with Crippen molar-refractivity contribution in [1.82, 2.24) is 0 Å². The standard InChI is InChI=1S/C12H20O2/c1-9(12(2,3)4)8-10(13)11-6-5-7-14-11/h6,9H,5,7-8H2,1-4H3. The molecule has 0 aromatic heterocycles. The Morgan fingerprint density at radius 2 is 2.21 bits per heavy atom. The van der Waals surface area contributed by atoms with Gasteiger partial charge in [-0.25, -0.2) is 0 Å². The summed E-state index contributed by atoms with van der Waals surface area (Å²) in [5, 5.41) is 0. The number of hydrogen-bond donors (Lipinski definition) is 0. The Bertz CT molecular complexity index is 246. The first kappa shape index (κ1) is 11.3. The minimum Gasteiger partial charge on any atom is -0.490 e. The van der Waals surface area contributed by atoms with Gasteiger partial charge in [0, 0.05) is 12.8 Å². The van der Waals surface area contributed by atoms with Crippen molar-refractivity contribution in [3.8, 4) is 0 Å². The third-order valence-electron chi connectivity index (χ3n) is 2.95. The molecule has 0 saturated carbocycles. The topological polar surface area (TPSA) is 26.3 Å². The van der Waals surface area contributed by atoms with Crippen LogP contribution in [-0.2, 0) is 9.53 Å². The highest BCUT2D eigenvalue weighted by Gasteiger charge is 2.25. The Kier molecular flexibility index (Phi) is 3.35. The van der Waals surface area contributed by atoms with Gasteiger partial charge in [-0.1, -0.05) is 27.7 Å². The molecule has 0 N–H and O–H groups in total. The van der Waals surface area contributed by atoms with E-state index in [4.69, 9.17) is 4.74 Å². The molecule has 1 aliphatic rings. The highest BCUT2D eigenvalue weighted by Crippen LogP contribution is 2.29. The fourth-order valence-electron chi connectivity index (χ4n) is 1.30. The summed E-state index contributed by atoms with van der Waals surface area (Å²) >= 11 is 0. The summed E-state index contributed by atoms with van der Waals surface area (Å²) in [5.74, 6) is 1.13. The second-order valence-corrected chi connectivity index (χ2v) is 5.10. The zero-order chi connectivity index (χ0) is 10.8. The molecule has 1 unspecified atom stereocenters. The van der Waals surface area contributed by atoms with E-state index >= 15 is 0 Å². The summed E-state index contributed by atoms with van der Waals surface area (Å²) in [6.45, 7) is 9.27. The summed E-state index contributed by atoms with van der Waals surface area (Å²) in [5.41, 5.74) is 0.189. The predicted octanol–water partition coefficient (Wildman–Crippen LogP) is 2.93. The van der Waals surface area contributed by atoms with Gasteiger partial charge >= 0.3 is 0 Å². The lowest BCUT2D eigenvalue weighted by molar-refractivity contribution is -0.120. The molecule has 0 radical (unpaired) electrons. The highest BCUT2D eigenvalue weighted by molar-refractivity contribution is 5.93. The van der Waals surface area contributed by atoms with Crippen molar-refractivity contribution in [2.24, 2.45) is 11.3 Å². The minimum atomic E-state index is 0.157. The number of ketones is 1. The highest BCUT2D eigenvalue weighted by atomic mass is 16.5. The molecular weight excluding hydrogens is 176 g/mol. The van der Waals surface area contributed by atoms with E-state index in [0.717, 1.165) is 6.42 Å². The molecule has 0 spiro atoms. The molecule has 2 heteroatoms. The SMILES string of the molecule is CC(CC(=O)C1=CCCO1)C(C)(C)C. The molecule has 0 saturated heterocycles. The average Bonchev–Trinajstić information content (AvgIpc) is 2.53. The molecule has 0 aromatic carbocycles. The van der Waals surface area contributed by atoms with Gasteiger partial charge < -0.3 is 4.74 Å². The van der Waals surface area contributed by atoms with Crippen LogP contribution in [0.4, 0.5) is 0 Å². The number of Topliss-reactive ketones (excluding diaryl/α,β-unsaturated/α-hetero) is 1. The maximum atomic E-state index is 11.7. The van der Waals surface area contributed by atoms with Crippen molar-refractivity contribution in [3.63, 3.8) is 0 Å². The van der Waals surface area contributed by atoms with Gasteiger partial charge in [0.25, 0.3) is 0 Å². The van der Waals surface area contributed by atoms with E-state index in [1.807, 2.05) is 6.08 Å². The maximum absolute atomic E-state index is 11.7.